The number of nitrogens with one attached hydrogen (secondary N) is 1. The van der Waals surface area contributed by atoms with Crippen molar-refractivity contribution >= 4 is 23.6 Å². The van der Waals surface area contributed by atoms with Gasteiger partial charge < -0.3 is 14.8 Å². The summed E-state index contributed by atoms with van der Waals surface area (Å²) in [4.78, 5) is 29.5. The summed E-state index contributed by atoms with van der Waals surface area (Å²) in [5.74, 6) is 0.641. The van der Waals surface area contributed by atoms with Crippen molar-refractivity contribution in [3.05, 3.63) is 83.7 Å². The van der Waals surface area contributed by atoms with Crippen LogP contribution in [0.2, 0.25) is 0 Å². The van der Waals surface area contributed by atoms with Gasteiger partial charge in [-0.05, 0) is 71.9 Å². The van der Waals surface area contributed by atoms with E-state index in [-0.39, 0.29) is 5.91 Å². The Labute approximate surface area is 198 Å². The minimum absolute atomic E-state index is 0.315. The van der Waals surface area contributed by atoms with Crippen LogP contribution in [0.1, 0.15) is 27.9 Å². The quantitative estimate of drug-likeness (QED) is 0.440. The van der Waals surface area contributed by atoms with E-state index in [1.807, 2.05) is 61.7 Å². The summed E-state index contributed by atoms with van der Waals surface area (Å²) in [6.07, 6.45) is 5.80. The average molecular weight is 465 g/mol. The van der Waals surface area contributed by atoms with Gasteiger partial charge in [-0.2, -0.15) is 11.8 Å². The summed E-state index contributed by atoms with van der Waals surface area (Å²) in [6, 6.07) is 16.5. The van der Waals surface area contributed by atoms with Crippen LogP contribution in [0.15, 0.2) is 67.0 Å². The Kier molecular flexibility index (Phi) is 8.89. The predicted molar refractivity (Wildman–Crippen MR) is 131 cm³/mol. The number of hydrogen-bond acceptors (Lipinski definition) is 6. The van der Waals surface area contributed by atoms with Gasteiger partial charge in [0.15, 0.2) is 0 Å². The fraction of sp³-hybridized carbons (Fsp3) is 0.269. The maximum Gasteiger partial charge on any atom is 0.328 e. The summed E-state index contributed by atoms with van der Waals surface area (Å²) in [5, 5.41) is 2.86. The van der Waals surface area contributed by atoms with Gasteiger partial charge in [0, 0.05) is 11.8 Å². The molecular formula is C26H28N2O4S. The highest BCUT2D eigenvalue weighted by Gasteiger charge is 2.23. The van der Waals surface area contributed by atoms with Gasteiger partial charge in [0.05, 0.1) is 13.3 Å². The van der Waals surface area contributed by atoms with E-state index in [4.69, 9.17) is 9.47 Å². The van der Waals surface area contributed by atoms with Crippen LogP contribution < -0.4 is 10.1 Å². The highest BCUT2D eigenvalue weighted by atomic mass is 32.2. The number of aryl methyl sites for hydroxylation is 1. The Morgan fingerprint density at radius 2 is 1.91 bits per heavy atom. The first-order valence-corrected chi connectivity index (χ1v) is 12.0. The molecule has 1 heterocycles. The van der Waals surface area contributed by atoms with Crippen LogP contribution in [-0.4, -0.2) is 42.0 Å². The van der Waals surface area contributed by atoms with Crippen molar-refractivity contribution in [2.75, 3.05) is 19.1 Å². The number of aromatic nitrogens is 1. The average Bonchev–Trinajstić information content (AvgIpc) is 2.85. The second-order valence-corrected chi connectivity index (χ2v) is 8.49. The minimum atomic E-state index is -0.701. The molecule has 0 bridgehead atoms. The first-order chi connectivity index (χ1) is 16.0. The van der Waals surface area contributed by atoms with Crippen LogP contribution in [0.5, 0.6) is 5.75 Å². The number of nitrogens with zero attached hydrogens (tertiary/aromatic N) is 1. The third-order valence-electron chi connectivity index (χ3n) is 5.21. The zero-order chi connectivity index (χ0) is 23.6. The molecular weight excluding hydrogens is 436 g/mol. The third kappa shape index (κ3) is 6.58. The van der Waals surface area contributed by atoms with Gasteiger partial charge in [-0.15, -0.1) is 0 Å². The second kappa shape index (κ2) is 12.1. The number of thioether (sulfide) groups is 1. The van der Waals surface area contributed by atoms with E-state index in [1.54, 1.807) is 30.2 Å². The summed E-state index contributed by atoms with van der Waals surface area (Å²) in [7, 11) is 1.33. The molecule has 0 aliphatic rings. The van der Waals surface area contributed by atoms with Crippen LogP contribution >= 0.6 is 11.8 Å². The summed E-state index contributed by atoms with van der Waals surface area (Å²) >= 11 is 1.61. The summed E-state index contributed by atoms with van der Waals surface area (Å²) in [6.45, 7) is 2.34. The van der Waals surface area contributed by atoms with Crippen LogP contribution in [0.25, 0.3) is 11.1 Å². The molecule has 1 atom stereocenters. The number of rotatable bonds is 10. The molecule has 0 saturated carbocycles. The van der Waals surface area contributed by atoms with Crippen molar-refractivity contribution < 1.29 is 19.1 Å². The largest absolute Gasteiger partial charge is 0.487 e. The number of carbonyl (C=O) groups excluding carboxylic acids is 2. The predicted octanol–water partition coefficient (Wildman–Crippen LogP) is 4.66. The number of hydrogen-bond donors (Lipinski definition) is 1. The molecule has 0 aliphatic heterocycles. The third-order valence-corrected chi connectivity index (χ3v) is 5.85. The standard InChI is InChI=1S/C26H28N2O4S/c1-18-7-4-5-9-21(18)23-15-19(17-32-20-8-6-13-27-16-20)10-11-22(23)25(29)28-24(12-14-33-3)26(30)31-2/h4-11,13,15-16,24H,12,14,17H2,1-3H3,(H,28,29). The van der Waals surface area contributed by atoms with E-state index in [0.717, 1.165) is 28.0 Å². The number of amides is 1. The molecule has 1 unspecified atom stereocenters. The highest BCUT2D eigenvalue weighted by Crippen LogP contribution is 2.29. The Morgan fingerprint density at radius 1 is 1.09 bits per heavy atom. The lowest BCUT2D eigenvalue weighted by Crippen LogP contribution is -2.42. The van der Waals surface area contributed by atoms with Gasteiger partial charge in [-0.25, -0.2) is 4.79 Å². The maximum atomic E-state index is 13.3. The summed E-state index contributed by atoms with van der Waals surface area (Å²) in [5.41, 5.74) is 4.19. The number of esters is 1. The first kappa shape index (κ1) is 24.3. The van der Waals surface area contributed by atoms with E-state index >= 15 is 0 Å². The lowest BCUT2D eigenvalue weighted by molar-refractivity contribution is -0.142. The monoisotopic (exact) mass is 464 g/mol. The number of methoxy groups -OCH3 is 1. The number of carbonyl (C=O) groups is 2. The van der Waals surface area contributed by atoms with Gasteiger partial charge >= 0.3 is 5.97 Å². The minimum Gasteiger partial charge on any atom is -0.487 e. The van der Waals surface area contributed by atoms with Crippen molar-refractivity contribution in [3.63, 3.8) is 0 Å². The second-order valence-electron chi connectivity index (χ2n) is 7.50. The van der Waals surface area contributed by atoms with E-state index < -0.39 is 12.0 Å². The molecule has 172 valence electrons. The van der Waals surface area contributed by atoms with Crippen LogP contribution in [0, 0.1) is 6.92 Å². The molecule has 0 fully saturated rings. The first-order valence-electron chi connectivity index (χ1n) is 10.6. The maximum absolute atomic E-state index is 13.3. The fourth-order valence-electron chi connectivity index (χ4n) is 3.44. The molecule has 3 rings (SSSR count). The number of benzene rings is 2. The summed E-state index contributed by atoms with van der Waals surface area (Å²) < 4.78 is 10.7. The van der Waals surface area contributed by atoms with Crippen LogP contribution in [0.4, 0.5) is 0 Å². The van der Waals surface area contributed by atoms with Gasteiger partial charge in [-0.3, -0.25) is 9.78 Å². The van der Waals surface area contributed by atoms with Crippen LogP contribution in [-0.2, 0) is 16.1 Å². The van der Waals surface area contributed by atoms with Crippen molar-refractivity contribution in [1.29, 1.82) is 0 Å². The highest BCUT2D eigenvalue weighted by molar-refractivity contribution is 7.98. The van der Waals surface area contributed by atoms with Gasteiger partial charge in [0.1, 0.15) is 18.4 Å². The van der Waals surface area contributed by atoms with Gasteiger partial charge in [0.2, 0.25) is 0 Å². The zero-order valence-corrected chi connectivity index (χ0v) is 19.9. The molecule has 1 amide bonds. The van der Waals surface area contributed by atoms with E-state index in [9.17, 15) is 9.59 Å². The lowest BCUT2D eigenvalue weighted by atomic mass is 9.93. The van der Waals surface area contributed by atoms with Crippen molar-refractivity contribution in [2.24, 2.45) is 0 Å². The molecule has 2 aromatic carbocycles. The fourth-order valence-corrected chi connectivity index (χ4v) is 3.91. The molecule has 0 radical (unpaired) electrons. The molecule has 3 aromatic rings. The SMILES string of the molecule is COC(=O)C(CCSC)NC(=O)c1ccc(COc2cccnc2)cc1-c1ccccc1C. The molecule has 0 spiro atoms. The van der Waals surface area contributed by atoms with E-state index in [2.05, 4.69) is 10.3 Å². The smallest absolute Gasteiger partial charge is 0.328 e. The zero-order valence-electron chi connectivity index (χ0n) is 19.0. The van der Waals surface area contributed by atoms with Crippen molar-refractivity contribution in [1.82, 2.24) is 10.3 Å². The van der Waals surface area contributed by atoms with Gasteiger partial charge in [-0.1, -0.05) is 30.3 Å². The molecule has 0 saturated heterocycles. The Bertz CT molecular complexity index is 1090. The Morgan fingerprint density at radius 3 is 2.61 bits per heavy atom. The molecule has 33 heavy (non-hydrogen) atoms. The van der Waals surface area contributed by atoms with E-state index in [0.29, 0.717) is 24.3 Å². The number of ether oxygens (including phenoxy) is 2. The topological polar surface area (TPSA) is 77.5 Å². The molecule has 1 N–H and O–H groups in total. The lowest BCUT2D eigenvalue weighted by Gasteiger charge is -2.19. The molecule has 6 nitrogen and oxygen atoms in total. The van der Waals surface area contributed by atoms with Crippen LogP contribution in [0.3, 0.4) is 0 Å². The molecule has 0 aliphatic carbocycles. The normalized spacial score (nSPS) is 11.5. The Hall–Kier alpha value is -3.32. The van der Waals surface area contributed by atoms with Gasteiger partial charge in [0.25, 0.3) is 5.91 Å². The molecule has 1 aromatic heterocycles. The van der Waals surface area contributed by atoms with Crippen molar-refractivity contribution in [2.45, 2.75) is 26.0 Å². The number of pyridine rings is 1. The Balaban J connectivity index is 1.91. The van der Waals surface area contributed by atoms with E-state index in [1.165, 1.54) is 7.11 Å². The molecule has 7 heteroatoms. The van der Waals surface area contributed by atoms with Crippen molar-refractivity contribution in [3.8, 4) is 16.9 Å².